The minimum absolute atomic E-state index is 0.238. The molecule has 0 spiro atoms. The molecule has 1 heterocycles. The summed E-state index contributed by atoms with van der Waals surface area (Å²) in [6.07, 6.45) is 6.02. The molecular formula is C16H23N5O2S. The topological polar surface area (TPSA) is 83.3 Å². The molecule has 0 unspecified atom stereocenters. The number of nitrogens with one attached hydrogen (secondary N) is 2. The molecule has 0 aliphatic heterocycles. The van der Waals surface area contributed by atoms with E-state index in [-0.39, 0.29) is 6.54 Å². The Morgan fingerprint density at radius 1 is 1.46 bits per heavy atom. The molecule has 24 heavy (non-hydrogen) atoms. The molecule has 0 saturated carbocycles. The SMILES string of the molecule is C#CCNC(=C[N+](=O)[O-])NCCSCc1cccc(CN(C)C)n1. The van der Waals surface area contributed by atoms with Gasteiger partial charge in [0.15, 0.2) is 5.82 Å². The van der Waals surface area contributed by atoms with Gasteiger partial charge >= 0.3 is 0 Å². The lowest BCUT2D eigenvalue weighted by Gasteiger charge is -2.10. The van der Waals surface area contributed by atoms with Gasteiger partial charge in [-0.05, 0) is 26.2 Å². The van der Waals surface area contributed by atoms with Crippen LogP contribution in [0, 0.1) is 22.5 Å². The van der Waals surface area contributed by atoms with E-state index < -0.39 is 4.92 Å². The highest BCUT2D eigenvalue weighted by Crippen LogP contribution is 2.10. The van der Waals surface area contributed by atoms with Gasteiger partial charge in [-0.1, -0.05) is 12.0 Å². The van der Waals surface area contributed by atoms with Crippen molar-refractivity contribution in [2.75, 3.05) is 32.9 Å². The Bertz CT molecular complexity index is 598. The second kappa shape index (κ2) is 11.3. The van der Waals surface area contributed by atoms with Crippen molar-refractivity contribution in [1.29, 1.82) is 0 Å². The smallest absolute Gasteiger partial charge is 0.274 e. The van der Waals surface area contributed by atoms with E-state index >= 15 is 0 Å². The van der Waals surface area contributed by atoms with Crippen LogP contribution in [-0.2, 0) is 12.3 Å². The maximum Gasteiger partial charge on any atom is 0.274 e. The molecule has 0 amide bonds. The largest absolute Gasteiger partial charge is 0.366 e. The van der Waals surface area contributed by atoms with Crippen LogP contribution in [0.1, 0.15) is 11.4 Å². The predicted molar refractivity (Wildman–Crippen MR) is 97.7 cm³/mol. The van der Waals surface area contributed by atoms with Crippen LogP contribution in [0.15, 0.2) is 30.2 Å². The van der Waals surface area contributed by atoms with Crippen molar-refractivity contribution < 1.29 is 4.92 Å². The number of thioether (sulfide) groups is 1. The lowest BCUT2D eigenvalue weighted by molar-refractivity contribution is -0.404. The highest BCUT2D eigenvalue weighted by molar-refractivity contribution is 7.98. The molecule has 0 aliphatic rings. The van der Waals surface area contributed by atoms with Gasteiger partial charge in [0.1, 0.15) is 0 Å². The van der Waals surface area contributed by atoms with Crippen LogP contribution in [0.3, 0.4) is 0 Å². The van der Waals surface area contributed by atoms with Gasteiger partial charge in [-0.25, -0.2) is 0 Å². The minimum atomic E-state index is -0.515. The molecule has 130 valence electrons. The van der Waals surface area contributed by atoms with Crippen molar-refractivity contribution >= 4 is 11.8 Å². The van der Waals surface area contributed by atoms with Crippen LogP contribution in [0.25, 0.3) is 0 Å². The summed E-state index contributed by atoms with van der Waals surface area (Å²) in [6.45, 7) is 1.65. The third-order valence-corrected chi connectivity index (χ3v) is 3.76. The first-order valence-electron chi connectivity index (χ1n) is 7.45. The Hall–Kier alpha value is -2.24. The summed E-state index contributed by atoms with van der Waals surface area (Å²) in [4.78, 5) is 16.7. The summed E-state index contributed by atoms with van der Waals surface area (Å²) in [5.41, 5.74) is 2.08. The van der Waals surface area contributed by atoms with Gasteiger partial charge in [0.05, 0.1) is 22.9 Å². The monoisotopic (exact) mass is 349 g/mol. The van der Waals surface area contributed by atoms with Crippen LogP contribution >= 0.6 is 11.8 Å². The number of aromatic nitrogens is 1. The molecule has 1 aromatic heterocycles. The maximum absolute atomic E-state index is 10.5. The third-order valence-electron chi connectivity index (χ3n) is 2.77. The van der Waals surface area contributed by atoms with Gasteiger partial charge < -0.3 is 15.5 Å². The van der Waals surface area contributed by atoms with Crippen molar-refractivity contribution in [2.45, 2.75) is 12.3 Å². The second-order valence-electron chi connectivity index (χ2n) is 5.22. The first kappa shape index (κ1) is 19.8. The molecule has 0 bridgehead atoms. The Morgan fingerprint density at radius 3 is 2.88 bits per heavy atom. The zero-order valence-corrected chi connectivity index (χ0v) is 14.8. The normalized spacial score (nSPS) is 11.2. The highest BCUT2D eigenvalue weighted by atomic mass is 32.2. The van der Waals surface area contributed by atoms with E-state index in [4.69, 9.17) is 6.42 Å². The molecule has 1 aromatic rings. The summed E-state index contributed by atoms with van der Waals surface area (Å²) >= 11 is 1.71. The average Bonchev–Trinajstić information content (AvgIpc) is 2.51. The van der Waals surface area contributed by atoms with Crippen LogP contribution in [0.2, 0.25) is 0 Å². The number of hydrogen-bond donors (Lipinski definition) is 2. The Labute approximate surface area is 147 Å². The van der Waals surface area contributed by atoms with Crippen molar-refractivity contribution in [3.63, 3.8) is 0 Å². The van der Waals surface area contributed by atoms with Gasteiger partial charge in [-0.2, -0.15) is 11.8 Å². The van der Waals surface area contributed by atoms with Crippen LogP contribution in [0.4, 0.5) is 0 Å². The number of pyridine rings is 1. The van der Waals surface area contributed by atoms with Gasteiger partial charge in [0, 0.05) is 24.6 Å². The fraction of sp³-hybridized carbons (Fsp3) is 0.438. The Kier molecular flexibility index (Phi) is 9.34. The summed E-state index contributed by atoms with van der Waals surface area (Å²) in [5, 5.41) is 16.3. The van der Waals surface area contributed by atoms with Gasteiger partial charge in [-0.3, -0.25) is 15.1 Å². The van der Waals surface area contributed by atoms with Crippen molar-refractivity contribution in [3.8, 4) is 12.3 Å². The molecule has 2 N–H and O–H groups in total. The molecular weight excluding hydrogens is 326 g/mol. The molecule has 8 heteroatoms. The van der Waals surface area contributed by atoms with Crippen LogP contribution < -0.4 is 10.6 Å². The zero-order valence-electron chi connectivity index (χ0n) is 14.0. The number of nitro groups is 1. The van der Waals surface area contributed by atoms with Crippen molar-refractivity contribution in [3.05, 3.63) is 51.7 Å². The summed E-state index contributed by atoms with van der Waals surface area (Å²) in [5.74, 6) is 4.30. The number of terminal acetylenes is 1. The van der Waals surface area contributed by atoms with Gasteiger partial charge in [0.2, 0.25) is 0 Å². The van der Waals surface area contributed by atoms with Crippen molar-refractivity contribution in [1.82, 2.24) is 20.5 Å². The van der Waals surface area contributed by atoms with E-state index in [0.717, 1.165) is 35.6 Å². The lowest BCUT2D eigenvalue weighted by Crippen LogP contribution is -2.29. The standard InChI is InChI=1S/C16H23N5O2S/c1-4-8-17-16(12-21(22)23)18-9-10-24-13-15-7-5-6-14(19-15)11-20(2)3/h1,5-7,12,17-18H,8-11,13H2,2-3H3. The van der Waals surface area contributed by atoms with Gasteiger partial charge in [-0.15, -0.1) is 6.42 Å². The van der Waals surface area contributed by atoms with E-state index in [9.17, 15) is 10.1 Å². The predicted octanol–water partition coefficient (Wildman–Crippen LogP) is 1.26. The Balaban J connectivity index is 2.35. The molecule has 0 saturated heterocycles. The lowest BCUT2D eigenvalue weighted by atomic mass is 10.3. The van der Waals surface area contributed by atoms with E-state index in [2.05, 4.69) is 26.4 Å². The summed E-state index contributed by atoms with van der Waals surface area (Å²) in [7, 11) is 4.03. The Morgan fingerprint density at radius 2 is 2.21 bits per heavy atom. The molecule has 1 rings (SSSR count). The van der Waals surface area contributed by atoms with E-state index in [1.54, 1.807) is 11.8 Å². The number of rotatable bonds is 11. The first-order valence-corrected chi connectivity index (χ1v) is 8.60. The molecule has 0 atom stereocenters. The second-order valence-corrected chi connectivity index (χ2v) is 6.33. The average molecular weight is 349 g/mol. The summed E-state index contributed by atoms with van der Waals surface area (Å²) < 4.78 is 0. The number of hydrogen-bond acceptors (Lipinski definition) is 7. The fourth-order valence-electron chi connectivity index (χ4n) is 1.86. The van der Waals surface area contributed by atoms with Gasteiger partial charge in [0.25, 0.3) is 6.20 Å². The molecule has 0 aliphatic carbocycles. The quantitative estimate of drug-likeness (QED) is 0.269. The van der Waals surface area contributed by atoms with Crippen LogP contribution in [-0.4, -0.2) is 47.7 Å². The van der Waals surface area contributed by atoms with E-state index in [0.29, 0.717) is 12.4 Å². The van der Waals surface area contributed by atoms with Crippen LogP contribution in [0.5, 0.6) is 0 Å². The zero-order chi connectivity index (χ0) is 17.8. The minimum Gasteiger partial charge on any atom is -0.366 e. The molecule has 7 nitrogen and oxygen atoms in total. The molecule has 0 fully saturated rings. The third kappa shape index (κ3) is 9.02. The highest BCUT2D eigenvalue weighted by Gasteiger charge is 2.02. The van der Waals surface area contributed by atoms with Crippen molar-refractivity contribution in [2.24, 2.45) is 0 Å². The molecule has 0 aromatic carbocycles. The number of nitrogens with zero attached hydrogens (tertiary/aromatic N) is 3. The fourth-order valence-corrected chi connectivity index (χ4v) is 2.62. The summed E-state index contributed by atoms with van der Waals surface area (Å²) in [6, 6.07) is 6.04. The van der Waals surface area contributed by atoms with E-state index in [1.165, 1.54) is 0 Å². The first-order chi connectivity index (χ1) is 11.5. The van der Waals surface area contributed by atoms with E-state index in [1.807, 2.05) is 32.3 Å². The maximum atomic E-state index is 10.5. The molecule has 0 radical (unpaired) electrons.